The molecule has 2 aliphatic rings. The number of ketones is 2. The first-order chi connectivity index (χ1) is 43.4. The lowest BCUT2D eigenvalue weighted by molar-refractivity contribution is -0.157. The van der Waals surface area contributed by atoms with Crippen LogP contribution in [0, 0.1) is 5.92 Å². The molecular formula is C66H118N4O17S2. The van der Waals surface area contributed by atoms with Crippen LogP contribution in [-0.2, 0) is 81.1 Å². The van der Waals surface area contributed by atoms with Gasteiger partial charge in [0.15, 0.2) is 12.4 Å². The van der Waals surface area contributed by atoms with Gasteiger partial charge in [-0.3, -0.25) is 48.1 Å². The van der Waals surface area contributed by atoms with E-state index in [0.29, 0.717) is 91.3 Å². The molecule has 1 saturated heterocycles. The van der Waals surface area contributed by atoms with Crippen molar-refractivity contribution in [2.45, 2.75) is 243 Å². The number of likely N-dealkylation sites (tertiary alicyclic amines) is 1. The number of esters is 2. The van der Waals surface area contributed by atoms with Crippen molar-refractivity contribution in [3.63, 3.8) is 0 Å². The first-order valence-corrected chi connectivity index (χ1v) is 36.5. The smallest absolute Gasteiger partial charge is 0.306 e. The van der Waals surface area contributed by atoms with Crippen molar-refractivity contribution in [2.24, 2.45) is 11.7 Å². The Bertz CT molecular complexity index is 1850. The van der Waals surface area contributed by atoms with Crippen LogP contribution in [-0.4, -0.2) is 192 Å². The van der Waals surface area contributed by atoms with Crippen LogP contribution in [0.5, 0.6) is 0 Å². The van der Waals surface area contributed by atoms with Gasteiger partial charge in [-0.2, -0.15) is 11.8 Å². The second-order valence-corrected chi connectivity index (χ2v) is 25.6. The molecule has 2 fully saturated rings. The summed E-state index contributed by atoms with van der Waals surface area (Å²) in [5.41, 5.74) is 8.44. The standard InChI is InChI=1S/C66H118N4O17S2/c1-3-5-7-9-11-13-15-17-19-21-23-25-27-29-64(76)85-50-56(87-65(77)30-28-26-24-22-20-18-16-14-12-10-8-6-4-2)52-88-53-57(67)59(72)54-89-60-49-63(75)70(66(60)78)36-33-61(73)69-86-51-62(74)68-35-38-80-40-42-82-44-46-84-48-47-83-45-43-81-41-39-79-37-34-58(71)55-31-32-55/h55-57,60H,3-54,67H2,1-2H3,(H,68,74)(H,69,73). The summed E-state index contributed by atoms with van der Waals surface area (Å²) < 4.78 is 44.2. The Morgan fingerprint density at radius 3 is 1.47 bits per heavy atom. The lowest BCUT2D eigenvalue weighted by Gasteiger charge is -2.19. The normalized spacial score (nSPS) is 14.7. The molecule has 0 radical (unpaired) electrons. The number of imide groups is 1. The Labute approximate surface area is 542 Å². The minimum absolute atomic E-state index is 0.0789. The quantitative estimate of drug-likeness (QED) is 0.0221. The summed E-state index contributed by atoms with van der Waals surface area (Å²) in [6.07, 6.45) is 33.3. The molecular weight excluding hydrogens is 1180 g/mol. The van der Waals surface area contributed by atoms with Crippen LogP contribution in [0.1, 0.15) is 226 Å². The van der Waals surface area contributed by atoms with E-state index >= 15 is 0 Å². The molecule has 516 valence electrons. The molecule has 0 spiro atoms. The first kappa shape index (κ1) is 81.8. The van der Waals surface area contributed by atoms with Gasteiger partial charge in [-0.15, -0.1) is 11.8 Å². The molecule has 4 amide bonds. The zero-order valence-electron chi connectivity index (χ0n) is 54.9. The van der Waals surface area contributed by atoms with Crippen LogP contribution in [0.2, 0.25) is 0 Å². The summed E-state index contributed by atoms with van der Waals surface area (Å²) in [6, 6.07) is -0.895. The molecule has 1 aliphatic carbocycles. The van der Waals surface area contributed by atoms with Gasteiger partial charge in [0.2, 0.25) is 23.6 Å². The van der Waals surface area contributed by atoms with E-state index in [2.05, 4.69) is 24.6 Å². The Balaban J connectivity index is 1.56. The van der Waals surface area contributed by atoms with Gasteiger partial charge < -0.3 is 48.9 Å². The highest BCUT2D eigenvalue weighted by molar-refractivity contribution is 8.01. The zero-order chi connectivity index (χ0) is 64.5. The van der Waals surface area contributed by atoms with Gasteiger partial charge in [0.25, 0.3) is 0 Å². The Hall–Kier alpha value is -3.26. The third-order valence-corrected chi connectivity index (χ3v) is 17.7. The number of hydrogen-bond donors (Lipinski definition) is 3. The molecule has 1 heterocycles. The predicted molar refractivity (Wildman–Crippen MR) is 348 cm³/mol. The molecule has 0 aromatic rings. The number of nitrogens with one attached hydrogen (secondary N) is 2. The van der Waals surface area contributed by atoms with Gasteiger partial charge >= 0.3 is 11.9 Å². The Kier molecular flexibility index (Phi) is 53.8. The molecule has 2 rings (SSSR count). The molecule has 0 bridgehead atoms. The minimum atomic E-state index is -0.895. The lowest BCUT2D eigenvalue weighted by atomic mass is 10.0. The second-order valence-electron chi connectivity index (χ2n) is 23.4. The monoisotopic (exact) mass is 1300 g/mol. The number of carbonyl (C=O) groups is 8. The Morgan fingerprint density at radius 2 is 0.989 bits per heavy atom. The number of hydroxylamine groups is 1. The van der Waals surface area contributed by atoms with Crippen LogP contribution in [0.15, 0.2) is 0 Å². The highest BCUT2D eigenvalue weighted by Crippen LogP contribution is 2.31. The number of carbonyl (C=O) groups excluding carboxylic acids is 8. The highest BCUT2D eigenvalue weighted by Gasteiger charge is 2.39. The number of ether oxygens (including phenoxy) is 8. The zero-order valence-corrected chi connectivity index (χ0v) is 56.5. The van der Waals surface area contributed by atoms with E-state index in [-0.39, 0.29) is 86.5 Å². The third-order valence-electron chi connectivity index (χ3n) is 15.2. The summed E-state index contributed by atoms with van der Waals surface area (Å²) in [5.74, 6) is -2.16. The van der Waals surface area contributed by atoms with Gasteiger partial charge in [0, 0.05) is 62.6 Å². The molecule has 89 heavy (non-hydrogen) atoms. The summed E-state index contributed by atoms with van der Waals surface area (Å²) in [6.45, 7) is 8.70. The summed E-state index contributed by atoms with van der Waals surface area (Å²) in [5, 5.41) is 1.79. The van der Waals surface area contributed by atoms with Crippen molar-refractivity contribution >= 4 is 70.7 Å². The molecule has 4 N–H and O–H groups in total. The van der Waals surface area contributed by atoms with E-state index in [1.807, 2.05) is 0 Å². The number of nitrogens with zero attached hydrogens (tertiary/aromatic N) is 1. The molecule has 1 saturated carbocycles. The van der Waals surface area contributed by atoms with E-state index in [0.717, 1.165) is 74.4 Å². The molecule has 1 aliphatic heterocycles. The molecule has 3 atom stereocenters. The molecule has 0 aromatic carbocycles. The lowest BCUT2D eigenvalue weighted by Crippen LogP contribution is -2.38. The predicted octanol–water partition coefficient (Wildman–Crippen LogP) is 9.92. The van der Waals surface area contributed by atoms with E-state index in [1.165, 1.54) is 134 Å². The second kappa shape index (κ2) is 58.6. The number of rotatable bonds is 67. The fourth-order valence-electron chi connectivity index (χ4n) is 9.66. The van der Waals surface area contributed by atoms with Crippen molar-refractivity contribution < 1.29 is 81.1 Å². The molecule has 3 unspecified atom stereocenters. The van der Waals surface area contributed by atoms with Crippen LogP contribution < -0.4 is 16.5 Å². The van der Waals surface area contributed by atoms with Crippen LogP contribution >= 0.6 is 23.5 Å². The Morgan fingerprint density at radius 1 is 0.539 bits per heavy atom. The maximum atomic E-state index is 13.2. The van der Waals surface area contributed by atoms with Gasteiger partial charge in [-0.05, 0) is 25.7 Å². The van der Waals surface area contributed by atoms with Crippen molar-refractivity contribution in [1.82, 2.24) is 15.7 Å². The van der Waals surface area contributed by atoms with Crippen molar-refractivity contribution in [3.05, 3.63) is 0 Å². The van der Waals surface area contributed by atoms with E-state index in [9.17, 15) is 38.4 Å². The van der Waals surface area contributed by atoms with E-state index in [1.54, 1.807) is 0 Å². The number of Topliss-reactive ketones (excluding diaryl/α,β-unsaturated/α-hetero) is 2. The van der Waals surface area contributed by atoms with Crippen molar-refractivity contribution in [2.75, 3.05) is 123 Å². The van der Waals surface area contributed by atoms with Crippen LogP contribution in [0.3, 0.4) is 0 Å². The highest BCUT2D eigenvalue weighted by atomic mass is 32.2. The number of nitrogens with two attached hydrogens (primary N) is 1. The number of unbranched alkanes of at least 4 members (excludes halogenated alkanes) is 24. The van der Waals surface area contributed by atoms with Crippen molar-refractivity contribution in [1.29, 1.82) is 0 Å². The molecule has 23 heteroatoms. The minimum Gasteiger partial charge on any atom is -0.462 e. The van der Waals surface area contributed by atoms with Crippen molar-refractivity contribution in [3.8, 4) is 0 Å². The first-order valence-electron chi connectivity index (χ1n) is 34.3. The largest absolute Gasteiger partial charge is 0.462 e. The summed E-state index contributed by atoms with van der Waals surface area (Å²) in [4.78, 5) is 107. The van der Waals surface area contributed by atoms with Gasteiger partial charge in [-0.25, -0.2) is 5.48 Å². The van der Waals surface area contributed by atoms with E-state index < -0.39 is 47.6 Å². The topological polar surface area (TPSA) is 273 Å². The molecule has 21 nitrogen and oxygen atoms in total. The number of thioether (sulfide) groups is 2. The average Bonchev–Trinajstić information content (AvgIpc) is 4.56. The van der Waals surface area contributed by atoms with Gasteiger partial charge in [0.1, 0.15) is 18.5 Å². The van der Waals surface area contributed by atoms with Gasteiger partial charge in [-0.1, -0.05) is 168 Å². The maximum absolute atomic E-state index is 13.2. The van der Waals surface area contributed by atoms with Crippen LogP contribution in [0.4, 0.5) is 0 Å². The fraction of sp³-hybridized carbons (Fsp3) is 0.879. The SMILES string of the molecule is CCCCCCCCCCCCCCCC(=O)OCC(CSCC(N)C(=O)CSC1CC(=O)N(CCC(=O)NOCC(=O)NCCOCCOCCOCCOCCOCCOCCC(=O)C2CC2)C1=O)OC(=O)CCCCCCCCCCCCCCC. The van der Waals surface area contributed by atoms with E-state index in [4.69, 9.17) is 48.5 Å². The number of hydrogen-bond acceptors (Lipinski definition) is 20. The average molecular weight is 1300 g/mol. The fourth-order valence-corrected chi connectivity index (χ4v) is 11.8. The molecule has 0 aromatic heterocycles. The van der Waals surface area contributed by atoms with Crippen LogP contribution in [0.25, 0.3) is 0 Å². The van der Waals surface area contributed by atoms with Gasteiger partial charge in [0.05, 0.1) is 96.3 Å². The maximum Gasteiger partial charge on any atom is 0.306 e. The third kappa shape index (κ3) is 49.1. The summed E-state index contributed by atoms with van der Waals surface area (Å²) >= 11 is 2.35. The summed E-state index contributed by atoms with van der Waals surface area (Å²) in [7, 11) is 0. The number of amides is 4.